The van der Waals surface area contributed by atoms with Crippen molar-refractivity contribution >= 4 is 5.97 Å². The van der Waals surface area contributed by atoms with Gasteiger partial charge < -0.3 is 24.4 Å². The van der Waals surface area contributed by atoms with Gasteiger partial charge in [0.25, 0.3) is 0 Å². The Bertz CT molecular complexity index is 537. The lowest BCUT2D eigenvalue weighted by molar-refractivity contribution is -0.342. The molecular weight excluding hydrogens is 372 g/mol. The van der Waals surface area contributed by atoms with E-state index in [9.17, 15) is 9.90 Å². The van der Waals surface area contributed by atoms with E-state index in [-0.39, 0.29) is 24.7 Å². The molecule has 1 aliphatic carbocycles. The van der Waals surface area contributed by atoms with Crippen molar-refractivity contribution in [1.29, 1.82) is 0 Å². The molecule has 0 radical (unpaired) electrons. The normalized spacial score (nSPS) is 39.6. The zero-order valence-electron chi connectivity index (χ0n) is 18.3. The van der Waals surface area contributed by atoms with Crippen molar-refractivity contribution in [3.05, 3.63) is 0 Å². The summed E-state index contributed by atoms with van der Waals surface area (Å²) in [6.07, 6.45) is 7.61. The van der Waals surface area contributed by atoms with E-state index in [1.807, 2.05) is 0 Å². The minimum atomic E-state index is -0.966. The van der Waals surface area contributed by atoms with Crippen LogP contribution in [0.5, 0.6) is 0 Å². The van der Waals surface area contributed by atoms with Crippen LogP contribution in [0.3, 0.4) is 0 Å². The second kappa shape index (κ2) is 10.1. The number of carboxylic acid groups (broad SMARTS) is 1. The number of aliphatic carboxylic acids is 1. The van der Waals surface area contributed by atoms with Crippen molar-refractivity contribution in [1.82, 2.24) is 0 Å². The molecule has 7 atom stereocenters. The monoisotopic (exact) mass is 412 g/mol. The van der Waals surface area contributed by atoms with Crippen molar-refractivity contribution in [2.75, 3.05) is 6.61 Å². The molecule has 0 unspecified atom stereocenters. The van der Waals surface area contributed by atoms with Crippen molar-refractivity contribution in [3.8, 4) is 0 Å². The Morgan fingerprint density at radius 3 is 2.59 bits per heavy atom. The number of hydrogen-bond donors (Lipinski definition) is 2. The van der Waals surface area contributed by atoms with Crippen LogP contribution in [0.1, 0.15) is 85.0 Å². The molecule has 0 amide bonds. The molecule has 3 aliphatic rings. The molecule has 2 N–H and O–H groups in total. The molecule has 1 saturated carbocycles. The van der Waals surface area contributed by atoms with Crippen LogP contribution >= 0.6 is 0 Å². The fraction of sp³-hybridized carbons (Fsp3) is 0.957. The lowest BCUT2D eigenvalue weighted by Crippen LogP contribution is -2.55. The average molecular weight is 413 g/mol. The Labute approximate surface area is 175 Å². The van der Waals surface area contributed by atoms with E-state index in [0.29, 0.717) is 24.2 Å². The highest BCUT2D eigenvalue weighted by Gasteiger charge is 2.49. The van der Waals surface area contributed by atoms with Gasteiger partial charge in [0.05, 0.1) is 37.4 Å². The molecule has 3 rings (SSSR count). The Morgan fingerprint density at radius 1 is 1.10 bits per heavy atom. The fourth-order valence-electron chi connectivity index (χ4n) is 5.68. The first-order valence-corrected chi connectivity index (χ1v) is 11.6. The van der Waals surface area contributed by atoms with Crippen molar-refractivity contribution in [2.45, 2.75) is 115 Å². The van der Waals surface area contributed by atoms with Crippen LogP contribution in [0.2, 0.25) is 0 Å². The molecule has 6 heteroatoms. The summed E-state index contributed by atoms with van der Waals surface area (Å²) >= 11 is 0. The zero-order chi connectivity index (χ0) is 21.0. The van der Waals surface area contributed by atoms with Gasteiger partial charge in [-0.2, -0.15) is 0 Å². The van der Waals surface area contributed by atoms with E-state index in [4.69, 9.17) is 19.3 Å². The smallest absolute Gasteiger partial charge is 0.305 e. The van der Waals surface area contributed by atoms with Gasteiger partial charge in [-0.1, -0.05) is 27.2 Å². The molecule has 0 aromatic rings. The quantitative estimate of drug-likeness (QED) is 0.654. The van der Waals surface area contributed by atoms with E-state index in [0.717, 1.165) is 51.6 Å². The summed E-state index contributed by atoms with van der Waals surface area (Å²) in [6, 6.07) is 0. The molecule has 29 heavy (non-hydrogen) atoms. The van der Waals surface area contributed by atoms with Gasteiger partial charge in [0.1, 0.15) is 0 Å². The summed E-state index contributed by atoms with van der Waals surface area (Å²) in [5, 5.41) is 18.8. The SMILES string of the molecule is CC(C)[C@@H]1CC[C@@H](C)C[C@@]12OCC[C@@H](C[C@H]1CCC[C@@H](C[C@@H](O)CC(=O)O)O1)O2. The number of aliphatic hydroxyl groups excluding tert-OH is 1. The molecule has 0 aromatic heterocycles. The van der Waals surface area contributed by atoms with Gasteiger partial charge in [-0.15, -0.1) is 0 Å². The third-order valence-corrected chi connectivity index (χ3v) is 7.03. The summed E-state index contributed by atoms with van der Waals surface area (Å²) < 4.78 is 19.3. The predicted octanol–water partition coefficient (Wildman–Crippen LogP) is 4.13. The Morgan fingerprint density at radius 2 is 1.86 bits per heavy atom. The maximum Gasteiger partial charge on any atom is 0.305 e. The third kappa shape index (κ3) is 6.16. The second-order valence-electron chi connectivity index (χ2n) is 9.96. The topological polar surface area (TPSA) is 85.2 Å². The highest BCUT2D eigenvalue weighted by molar-refractivity contribution is 5.67. The van der Waals surface area contributed by atoms with Gasteiger partial charge in [0.15, 0.2) is 5.79 Å². The molecule has 3 fully saturated rings. The Balaban J connectivity index is 1.56. The van der Waals surface area contributed by atoms with E-state index in [1.165, 1.54) is 6.42 Å². The molecule has 2 heterocycles. The third-order valence-electron chi connectivity index (χ3n) is 7.03. The van der Waals surface area contributed by atoms with Crippen LogP contribution in [0, 0.1) is 17.8 Å². The van der Waals surface area contributed by atoms with E-state index in [2.05, 4.69) is 20.8 Å². The van der Waals surface area contributed by atoms with Gasteiger partial charge in [-0.3, -0.25) is 4.79 Å². The van der Waals surface area contributed by atoms with Crippen molar-refractivity contribution in [3.63, 3.8) is 0 Å². The summed E-state index contributed by atoms with van der Waals surface area (Å²) in [5.41, 5.74) is 0. The highest BCUT2D eigenvalue weighted by atomic mass is 16.7. The highest BCUT2D eigenvalue weighted by Crippen LogP contribution is 2.47. The van der Waals surface area contributed by atoms with E-state index >= 15 is 0 Å². The molecule has 0 bridgehead atoms. The lowest BCUT2D eigenvalue weighted by Gasteiger charge is -2.51. The maximum absolute atomic E-state index is 10.8. The fourth-order valence-corrected chi connectivity index (χ4v) is 5.68. The van der Waals surface area contributed by atoms with Crippen LogP contribution in [-0.4, -0.2) is 53.0 Å². The number of carbonyl (C=O) groups is 1. The van der Waals surface area contributed by atoms with Crippen molar-refractivity contribution < 1.29 is 29.2 Å². The standard InChI is InChI=1S/C23H40O6/c1-15(2)21-8-7-16(3)14-23(21)27-10-9-20(29-23)13-19-6-4-5-18(28-19)11-17(24)12-22(25)26/h15-21,24H,4-14H2,1-3H3,(H,25,26)/t16-,17-,18+,19-,20+,21+,23+/m1/s1. The molecule has 2 aliphatic heterocycles. The molecular formula is C23H40O6. The van der Waals surface area contributed by atoms with Crippen LogP contribution < -0.4 is 0 Å². The zero-order valence-corrected chi connectivity index (χ0v) is 18.3. The first-order valence-electron chi connectivity index (χ1n) is 11.6. The summed E-state index contributed by atoms with van der Waals surface area (Å²) in [7, 11) is 0. The van der Waals surface area contributed by atoms with Gasteiger partial charge in [0, 0.05) is 18.8 Å². The Kier molecular flexibility index (Phi) is 7.99. The van der Waals surface area contributed by atoms with Gasteiger partial charge in [-0.25, -0.2) is 0 Å². The molecule has 0 aromatic carbocycles. The second-order valence-corrected chi connectivity index (χ2v) is 9.96. The minimum absolute atomic E-state index is 0.0602. The molecule has 168 valence electrons. The Hall–Kier alpha value is -0.690. The minimum Gasteiger partial charge on any atom is -0.481 e. The first-order chi connectivity index (χ1) is 13.8. The molecule has 6 nitrogen and oxygen atoms in total. The van der Waals surface area contributed by atoms with Gasteiger partial charge in [0.2, 0.25) is 0 Å². The lowest BCUT2D eigenvalue weighted by atomic mass is 9.72. The first kappa shape index (κ1) is 23.0. The van der Waals surface area contributed by atoms with Gasteiger partial charge in [-0.05, 0) is 50.4 Å². The van der Waals surface area contributed by atoms with Crippen LogP contribution in [0.15, 0.2) is 0 Å². The average Bonchev–Trinajstić information content (AvgIpc) is 2.61. The largest absolute Gasteiger partial charge is 0.481 e. The van der Waals surface area contributed by atoms with Crippen molar-refractivity contribution in [2.24, 2.45) is 17.8 Å². The number of rotatable bonds is 7. The molecule has 2 saturated heterocycles. The van der Waals surface area contributed by atoms with Crippen LogP contribution in [0.4, 0.5) is 0 Å². The van der Waals surface area contributed by atoms with Crippen LogP contribution in [0.25, 0.3) is 0 Å². The predicted molar refractivity (Wildman–Crippen MR) is 110 cm³/mol. The van der Waals surface area contributed by atoms with Crippen LogP contribution in [-0.2, 0) is 19.0 Å². The maximum atomic E-state index is 10.8. The summed E-state index contributed by atoms with van der Waals surface area (Å²) in [5.74, 6) is 0.183. The summed E-state index contributed by atoms with van der Waals surface area (Å²) in [6.45, 7) is 7.59. The number of aliphatic hydroxyl groups is 1. The summed E-state index contributed by atoms with van der Waals surface area (Å²) in [4.78, 5) is 10.8. The molecule has 1 spiro atoms. The number of hydrogen-bond acceptors (Lipinski definition) is 5. The van der Waals surface area contributed by atoms with Gasteiger partial charge >= 0.3 is 5.97 Å². The van der Waals surface area contributed by atoms with E-state index < -0.39 is 17.9 Å². The van der Waals surface area contributed by atoms with E-state index in [1.54, 1.807) is 0 Å². The number of ether oxygens (including phenoxy) is 3. The number of carboxylic acids is 1.